The highest BCUT2D eigenvalue weighted by Gasteiger charge is 2.33. The molecule has 1 aromatic heterocycles. The lowest BCUT2D eigenvalue weighted by Gasteiger charge is -2.14. The van der Waals surface area contributed by atoms with Crippen molar-refractivity contribution in [3.05, 3.63) is 12.0 Å². The molecule has 0 amide bonds. The highest BCUT2D eigenvalue weighted by Crippen LogP contribution is 2.23. The Bertz CT molecular complexity index is 538. The van der Waals surface area contributed by atoms with E-state index in [9.17, 15) is 8.42 Å². The maximum atomic E-state index is 12.5. The number of hydrogen-bond acceptors (Lipinski definition) is 4. The molecule has 2 N–H and O–H groups in total. The van der Waals surface area contributed by atoms with E-state index in [4.69, 9.17) is 5.73 Å². The van der Waals surface area contributed by atoms with E-state index < -0.39 is 10.0 Å². The first-order chi connectivity index (χ1) is 8.98. The summed E-state index contributed by atoms with van der Waals surface area (Å²) in [5, 5.41) is 0.163. The van der Waals surface area contributed by atoms with Gasteiger partial charge >= 0.3 is 0 Å². The zero-order chi connectivity index (χ0) is 14.0. The maximum absolute atomic E-state index is 12.5. The van der Waals surface area contributed by atoms with E-state index in [2.05, 4.69) is 11.9 Å². The van der Waals surface area contributed by atoms with Gasteiger partial charge in [0.2, 0.25) is 0 Å². The SMILES string of the molecule is CCCn1cc(S(=O)(=O)N2CCC(CN)C2)nc1C. The molecule has 2 heterocycles. The summed E-state index contributed by atoms with van der Waals surface area (Å²) < 4.78 is 28.3. The molecule has 1 fully saturated rings. The summed E-state index contributed by atoms with van der Waals surface area (Å²) in [5.74, 6) is 1.02. The number of sulfonamides is 1. The number of nitrogens with zero attached hydrogens (tertiary/aromatic N) is 3. The average molecular weight is 286 g/mol. The fourth-order valence-electron chi connectivity index (χ4n) is 2.41. The molecule has 0 aromatic carbocycles. The summed E-state index contributed by atoms with van der Waals surface area (Å²) in [6.45, 7) is 6.28. The summed E-state index contributed by atoms with van der Waals surface area (Å²) in [5.41, 5.74) is 5.60. The Morgan fingerprint density at radius 3 is 2.84 bits per heavy atom. The molecular weight excluding hydrogens is 264 g/mol. The lowest BCUT2D eigenvalue weighted by Crippen LogP contribution is -2.30. The largest absolute Gasteiger partial charge is 0.334 e. The second-order valence-corrected chi connectivity index (χ2v) is 6.96. The molecule has 0 radical (unpaired) electrons. The molecule has 0 spiro atoms. The van der Waals surface area contributed by atoms with E-state index in [0.29, 0.717) is 19.6 Å². The quantitative estimate of drug-likeness (QED) is 0.858. The summed E-state index contributed by atoms with van der Waals surface area (Å²) in [6.07, 6.45) is 3.43. The standard InChI is InChI=1S/C12H22N4O2S/c1-3-5-15-9-12(14-10(15)2)19(17,18)16-6-4-11(7-13)8-16/h9,11H,3-8,13H2,1-2H3. The fraction of sp³-hybridized carbons (Fsp3) is 0.750. The van der Waals surface area contributed by atoms with Gasteiger partial charge in [0.1, 0.15) is 5.82 Å². The smallest absolute Gasteiger partial charge is 0.262 e. The lowest BCUT2D eigenvalue weighted by molar-refractivity contribution is 0.456. The van der Waals surface area contributed by atoms with Crippen molar-refractivity contribution in [3.8, 4) is 0 Å². The molecule has 6 nitrogen and oxygen atoms in total. The second-order valence-electron chi connectivity index (χ2n) is 5.07. The van der Waals surface area contributed by atoms with Crippen LogP contribution in [0.25, 0.3) is 0 Å². The van der Waals surface area contributed by atoms with Crippen LogP contribution in [0, 0.1) is 12.8 Å². The Balaban J connectivity index is 2.22. The molecule has 1 aliphatic heterocycles. The normalized spacial score (nSPS) is 21.1. The summed E-state index contributed by atoms with van der Waals surface area (Å²) in [7, 11) is -3.46. The topological polar surface area (TPSA) is 81.2 Å². The molecule has 19 heavy (non-hydrogen) atoms. The Kier molecular flexibility index (Phi) is 4.27. The molecule has 2 rings (SSSR count). The van der Waals surface area contributed by atoms with Crippen molar-refractivity contribution in [2.75, 3.05) is 19.6 Å². The first kappa shape index (κ1) is 14.5. The molecule has 108 valence electrons. The van der Waals surface area contributed by atoms with Gasteiger partial charge in [-0.1, -0.05) is 6.92 Å². The van der Waals surface area contributed by atoms with Crippen molar-refractivity contribution in [3.63, 3.8) is 0 Å². The Hall–Kier alpha value is -0.920. The highest BCUT2D eigenvalue weighted by molar-refractivity contribution is 7.89. The van der Waals surface area contributed by atoms with E-state index in [0.717, 1.165) is 25.2 Å². The first-order valence-electron chi connectivity index (χ1n) is 6.73. The molecule has 0 saturated carbocycles. The van der Waals surface area contributed by atoms with E-state index >= 15 is 0 Å². The zero-order valence-electron chi connectivity index (χ0n) is 11.5. The predicted molar refractivity (Wildman–Crippen MR) is 73.2 cm³/mol. The van der Waals surface area contributed by atoms with Gasteiger partial charge in [0.05, 0.1) is 0 Å². The van der Waals surface area contributed by atoms with Crippen LogP contribution in [-0.4, -0.2) is 41.9 Å². The molecular formula is C12H22N4O2S. The highest BCUT2D eigenvalue weighted by atomic mass is 32.2. The van der Waals surface area contributed by atoms with E-state index in [1.807, 2.05) is 11.5 Å². The van der Waals surface area contributed by atoms with Crippen LogP contribution in [0.1, 0.15) is 25.6 Å². The monoisotopic (exact) mass is 286 g/mol. The third-order valence-corrected chi connectivity index (χ3v) is 5.34. The third-order valence-electron chi connectivity index (χ3n) is 3.60. The Labute approximate surface area is 114 Å². The Morgan fingerprint density at radius 2 is 2.26 bits per heavy atom. The molecule has 0 aliphatic carbocycles. The van der Waals surface area contributed by atoms with Crippen LogP contribution in [0.3, 0.4) is 0 Å². The van der Waals surface area contributed by atoms with Crippen LogP contribution in [0.15, 0.2) is 11.2 Å². The van der Waals surface area contributed by atoms with Crippen molar-refractivity contribution in [1.29, 1.82) is 0 Å². The second kappa shape index (κ2) is 5.60. The molecule has 1 aromatic rings. The minimum absolute atomic E-state index is 0.163. The minimum Gasteiger partial charge on any atom is -0.334 e. The van der Waals surface area contributed by atoms with Gasteiger partial charge in [0, 0.05) is 25.8 Å². The molecule has 0 bridgehead atoms. The number of rotatable bonds is 5. The van der Waals surface area contributed by atoms with Gasteiger partial charge in [-0.2, -0.15) is 4.31 Å². The van der Waals surface area contributed by atoms with Gasteiger partial charge < -0.3 is 10.3 Å². The van der Waals surface area contributed by atoms with Gasteiger partial charge in [0.15, 0.2) is 5.03 Å². The van der Waals surface area contributed by atoms with Crippen molar-refractivity contribution in [2.45, 2.75) is 38.3 Å². The van der Waals surface area contributed by atoms with Crippen LogP contribution in [0.5, 0.6) is 0 Å². The Morgan fingerprint density at radius 1 is 1.53 bits per heavy atom. The number of imidazole rings is 1. The van der Waals surface area contributed by atoms with Crippen molar-refractivity contribution >= 4 is 10.0 Å². The first-order valence-corrected chi connectivity index (χ1v) is 8.17. The van der Waals surface area contributed by atoms with E-state index in [1.165, 1.54) is 4.31 Å². The molecule has 1 unspecified atom stereocenters. The number of nitrogens with two attached hydrogens (primary N) is 1. The lowest BCUT2D eigenvalue weighted by atomic mass is 10.1. The maximum Gasteiger partial charge on any atom is 0.262 e. The van der Waals surface area contributed by atoms with Crippen LogP contribution < -0.4 is 5.73 Å². The summed E-state index contributed by atoms with van der Waals surface area (Å²) in [4.78, 5) is 4.20. The zero-order valence-corrected chi connectivity index (χ0v) is 12.4. The van der Waals surface area contributed by atoms with Crippen molar-refractivity contribution in [1.82, 2.24) is 13.9 Å². The predicted octanol–water partition coefficient (Wildman–Crippen LogP) is 0.571. The van der Waals surface area contributed by atoms with Gasteiger partial charge in [-0.15, -0.1) is 0 Å². The third kappa shape index (κ3) is 2.82. The van der Waals surface area contributed by atoms with Gasteiger partial charge in [-0.3, -0.25) is 0 Å². The minimum atomic E-state index is -3.46. The molecule has 1 aliphatic rings. The van der Waals surface area contributed by atoms with Gasteiger partial charge in [0.25, 0.3) is 10.0 Å². The molecule has 1 atom stereocenters. The molecule has 7 heteroatoms. The van der Waals surface area contributed by atoms with E-state index in [1.54, 1.807) is 6.20 Å². The van der Waals surface area contributed by atoms with Gasteiger partial charge in [-0.05, 0) is 32.2 Å². The van der Waals surface area contributed by atoms with Crippen molar-refractivity contribution < 1.29 is 8.42 Å². The number of aryl methyl sites for hydroxylation is 2. The summed E-state index contributed by atoms with van der Waals surface area (Å²) in [6, 6.07) is 0. The van der Waals surface area contributed by atoms with E-state index in [-0.39, 0.29) is 10.9 Å². The average Bonchev–Trinajstić information content (AvgIpc) is 2.98. The van der Waals surface area contributed by atoms with Crippen LogP contribution in [0.4, 0.5) is 0 Å². The fourth-order valence-corrected chi connectivity index (χ4v) is 3.94. The van der Waals surface area contributed by atoms with Gasteiger partial charge in [-0.25, -0.2) is 13.4 Å². The number of hydrogen-bond donors (Lipinski definition) is 1. The van der Waals surface area contributed by atoms with Crippen LogP contribution in [0.2, 0.25) is 0 Å². The van der Waals surface area contributed by atoms with Crippen LogP contribution in [-0.2, 0) is 16.6 Å². The molecule has 1 saturated heterocycles. The van der Waals surface area contributed by atoms with Crippen molar-refractivity contribution in [2.24, 2.45) is 11.7 Å². The van der Waals surface area contributed by atoms with Crippen LogP contribution >= 0.6 is 0 Å². The number of aromatic nitrogens is 2. The summed E-state index contributed by atoms with van der Waals surface area (Å²) >= 11 is 0.